The van der Waals surface area contributed by atoms with E-state index in [1.807, 2.05) is 38.1 Å². The number of pyridine rings is 1. The van der Waals surface area contributed by atoms with Crippen molar-refractivity contribution in [1.82, 2.24) is 4.98 Å². The molecular formula is C21H26N2O4. The first-order chi connectivity index (χ1) is 13.1. The second kappa shape index (κ2) is 9.37. The SMILES string of the molecule is CC(C)Oc1ccc(C(=O)Nc2ccccc2OCC2CCCCO2)cn1. The smallest absolute Gasteiger partial charge is 0.257 e. The van der Waals surface area contributed by atoms with Gasteiger partial charge in [0.25, 0.3) is 5.91 Å². The maximum absolute atomic E-state index is 12.5. The zero-order chi connectivity index (χ0) is 19.1. The molecule has 144 valence electrons. The zero-order valence-corrected chi connectivity index (χ0v) is 15.8. The summed E-state index contributed by atoms with van der Waals surface area (Å²) >= 11 is 0. The fourth-order valence-corrected chi connectivity index (χ4v) is 2.84. The highest BCUT2D eigenvalue weighted by Gasteiger charge is 2.16. The Morgan fingerprint density at radius 2 is 2.11 bits per heavy atom. The summed E-state index contributed by atoms with van der Waals surface area (Å²) in [6.45, 7) is 5.13. The maximum Gasteiger partial charge on any atom is 0.257 e. The largest absolute Gasteiger partial charge is 0.489 e. The van der Waals surface area contributed by atoms with Gasteiger partial charge in [0.05, 0.1) is 23.5 Å². The van der Waals surface area contributed by atoms with Crippen molar-refractivity contribution in [3.05, 3.63) is 48.2 Å². The second-order valence-electron chi connectivity index (χ2n) is 6.80. The van der Waals surface area contributed by atoms with Gasteiger partial charge in [0, 0.05) is 18.9 Å². The van der Waals surface area contributed by atoms with Crippen LogP contribution < -0.4 is 14.8 Å². The van der Waals surface area contributed by atoms with Crippen molar-refractivity contribution in [2.45, 2.75) is 45.3 Å². The van der Waals surface area contributed by atoms with E-state index in [0.717, 1.165) is 25.9 Å². The highest BCUT2D eigenvalue weighted by Crippen LogP contribution is 2.25. The lowest BCUT2D eigenvalue weighted by molar-refractivity contribution is -0.0109. The van der Waals surface area contributed by atoms with Crippen LogP contribution in [0.1, 0.15) is 43.5 Å². The molecule has 3 rings (SSSR count). The van der Waals surface area contributed by atoms with Crippen LogP contribution in [0.3, 0.4) is 0 Å². The number of benzene rings is 1. The summed E-state index contributed by atoms with van der Waals surface area (Å²) in [6.07, 6.45) is 4.93. The van der Waals surface area contributed by atoms with E-state index in [1.54, 1.807) is 12.1 Å². The lowest BCUT2D eigenvalue weighted by Gasteiger charge is -2.23. The molecule has 1 aromatic carbocycles. The van der Waals surface area contributed by atoms with E-state index in [1.165, 1.54) is 6.20 Å². The quantitative estimate of drug-likeness (QED) is 0.796. The number of carbonyl (C=O) groups excluding carboxylic acids is 1. The first-order valence-corrected chi connectivity index (χ1v) is 9.39. The number of hydrogen-bond donors (Lipinski definition) is 1. The topological polar surface area (TPSA) is 69.7 Å². The van der Waals surface area contributed by atoms with Gasteiger partial charge in [-0.3, -0.25) is 4.79 Å². The fraction of sp³-hybridized carbons (Fsp3) is 0.429. The summed E-state index contributed by atoms with van der Waals surface area (Å²) in [6, 6.07) is 10.8. The monoisotopic (exact) mass is 370 g/mol. The molecule has 1 aromatic heterocycles. The molecule has 1 aliphatic rings. The van der Waals surface area contributed by atoms with Gasteiger partial charge >= 0.3 is 0 Å². The van der Waals surface area contributed by atoms with Crippen LogP contribution in [0, 0.1) is 0 Å². The van der Waals surface area contributed by atoms with Crippen LogP contribution in [-0.4, -0.2) is 36.3 Å². The predicted molar refractivity (Wildman–Crippen MR) is 103 cm³/mol. The number of amides is 1. The lowest BCUT2D eigenvalue weighted by atomic mass is 10.1. The molecule has 1 unspecified atom stereocenters. The molecule has 1 aliphatic heterocycles. The Morgan fingerprint density at radius 1 is 1.26 bits per heavy atom. The van der Waals surface area contributed by atoms with Crippen LogP contribution in [0.2, 0.25) is 0 Å². The second-order valence-corrected chi connectivity index (χ2v) is 6.80. The molecule has 1 atom stereocenters. The van der Waals surface area contributed by atoms with Crippen LogP contribution in [-0.2, 0) is 4.74 Å². The molecule has 27 heavy (non-hydrogen) atoms. The summed E-state index contributed by atoms with van der Waals surface area (Å²) in [5.41, 5.74) is 1.08. The third kappa shape index (κ3) is 5.69. The van der Waals surface area contributed by atoms with Gasteiger partial charge in [0.15, 0.2) is 0 Å². The Labute approximate surface area is 159 Å². The van der Waals surface area contributed by atoms with E-state index < -0.39 is 0 Å². The summed E-state index contributed by atoms with van der Waals surface area (Å²) in [7, 11) is 0. The number of nitrogens with one attached hydrogen (secondary N) is 1. The predicted octanol–water partition coefficient (Wildman–Crippen LogP) is 4.07. The van der Waals surface area contributed by atoms with Crippen molar-refractivity contribution >= 4 is 11.6 Å². The van der Waals surface area contributed by atoms with E-state index >= 15 is 0 Å². The Bertz CT molecular complexity index is 740. The molecule has 0 spiro atoms. The van der Waals surface area contributed by atoms with Crippen LogP contribution >= 0.6 is 0 Å². The first kappa shape index (κ1) is 19.2. The molecule has 1 amide bonds. The van der Waals surface area contributed by atoms with Crippen molar-refractivity contribution in [3.8, 4) is 11.6 Å². The molecule has 1 saturated heterocycles. The minimum atomic E-state index is -0.247. The third-order valence-electron chi connectivity index (χ3n) is 4.19. The van der Waals surface area contributed by atoms with Crippen molar-refractivity contribution in [2.24, 2.45) is 0 Å². The van der Waals surface area contributed by atoms with Crippen molar-refractivity contribution in [1.29, 1.82) is 0 Å². The van der Waals surface area contributed by atoms with E-state index in [2.05, 4.69) is 10.3 Å². The highest BCUT2D eigenvalue weighted by molar-refractivity contribution is 6.04. The van der Waals surface area contributed by atoms with Crippen LogP contribution in [0.5, 0.6) is 11.6 Å². The van der Waals surface area contributed by atoms with Crippen molar-refractivity contribution < 1.29 is 19.0 Å². The van der Waals surface area contributed by atoms with Gasteiger partial charge in [-0.15, -0.1) is 0 Å². The molecule has 0 bridgehead atoms. The van der Waals surface area contributed by atoms with Crippen LogP contribution in [0.4, 0.5) is 5.69 Å². The summed E-state index contributed by atoms with van der Waals surface area (Å²) < 4.78 is 17.1. The molecule has 6 nitrogen and oxygen atoms in total. The van der Waals surface area contributed by atoms with Gasteiger partial charge in [-0.1, -0.05) is 12.1 Å². The molecule has 0 aliphatic carbocycles. The average molecular weight is 370 g/mol. The van der Waals surface area contributed by atoms with Crippen LogP contribution in [0.25, 0.3) is 0 Å². The number of rotatable bonds is 7. The summed E-state index contributed by atoms with van der Waals surface area (Å²) in [5, 5.41) is 2.89. The van der Waals surface area contributed by atoms with E-state index in [9.17, 15) is 4.79 Å². The van der Waals surface area contributed by atoms with E-state index in [0.29, 0.717) is 29.5 Å². The number of aromatic nitrogens is 1. The van der Waals surface area contributed by atoms with Crippen molar-refractivity contribution in [2.75, 3.05) is 18.5 Å². The molecule has 0 saturated carbocycles. The number of anilines is 1. The van der Waals surface area contributed by atoms with E-state index in [4.69, 9.17) is 14.2 Å². The third-order valence-corrected chi connectivity index (χ3v) is 4.19. The number of carbonyl (C=O) groups is 1. The summed E-state index contributed by atoms with van der Waals surface area (Å²) in [5.74, 6) is 0.883. The van der Waals surface area contributed by atoms with Gasteiger partial charge in [0.2, 0.25) is 5.88 Å². The van der Waals surface area contributed by atoms with Gasteiger partial charge in [-0.2, -0.15) is 0 Å². The van der Waals surface area contributed by atoms with Crippen molar-refractivity contribution in [3.63, 3.8) is 0 Å². The van der Waals surface area contributed by atoms with Crippen LogP contribution in [0.15, 0.2) is 42.6 Å². The number of ether oxygens (including phenoxy) is 3. The molecule has 0 radical (unpaired) electrons. The minimum Gasteiger partial charge on any atom is -0.489 e. The lowest BCUT2D eigenvalue weighted by Crippen LogP contribution is -2.26. The normalized spacial score (nSPS) is 16.8. The molecule has 1 fully saturated rings. The van der Waals surface area contributed by atoms with Gasteiger partial charge in [0.1, 0.15) is 12.4 Å². The number of hydrogen-bond acceptors (Lipinski definition) is 5. The standard InChI is InChI=1S/C21H26N2O4/c1-15(2)27-20-11-10-16(13-22-20)21(24)23-18-8-3-4-9-19(18)26-14-17-7-5-6-12-25-17/h3-4,8-11,13,15,17H,5-7,12,14H2,1-2H3,(H,23,24). The van der Waals surface area contributed by atoms with E-state index in [-0.39, 0.29) is 18.1 Å². The number of para-hydroxylation sites is 2. The molecule has 2 aromatic rings. The molecule has 1 N–H and O–H groups in total. The first-order valence-electron chi connectivity index (χ1n) is 9.39. The summed E-state index contributed by atoms with van der Waals surface area (Å²) in [4.78, 5) is 16.7. The Balaban J connectivity index is 1.61. The van der Waals surface area contributed by atoms with Gasteiger partial charge < -0.3 is 19.5 Å². The fourth-order valence-electron chi connectivity index (χ4n) is 2.84. The Morgan fingerprint density at radius 3 is 2.81 bits per heavy atom. The molecule has 2 heterocycles. The average Bonchev–Trinajstić information content (AvgIpc) is 2.68. The van der Waals surface area contributed by atoms with Gasteiger partial charge in [-0.05, 0) is 51.3 Å². The Kier molecular flexibility index (Phi) is 6.65. The molecule has 6 heteroatoms. The number of nitrogens with zero attached hydrogens (tertiary/aromatic N) is 1. The Hall–Kier alpha value is -2.60. The zero-order valence-electron chi connectivity index (χ0n) is 15.8. The van der Waals surface area contributed by atoms with Gasteiger partial charge in [-0.25, -0.2) is 4.98 Å². The molecular weight excluding hydrogens is 344 g/mol. The highest BCUT2D eigenvalue weighted by atomic mass is 16.5. The minimum absolute atomic E-state index is 0.0364. The maximum atomic E-state index is 12.5.